The summed E-state index contributed by atoms with van der Waals surface area (Å²) in [5.74, 6) is 0. The molecule has 0 saturated carbocycles. The molecule has 0 spiro atoms. The molecule has 52 valence electrons. The summed E-state index contributed by atoms with van der Waals surface area (Å²) in [7, 11) is 0. The molecule has 0 fully saturated rings. The first-order chi connectivity index (χ1) is 4.70. The molecule has 0 bridgehead atoms. The Morgan fingerprint density at radius 1 is 1.60 bits per heavy atom. The fourth-order valence-electron chi connectivity index (χ4n) is 0.622. The molecule has 0 aliphatic rings. The van der Waals surface area contributed by atoms with Crippen LogP contribution in [-0.4, -0.2) is 4.98 Å². The molecule has 0 aliphatic carbocycles. The van der Waals surface area contributed by atoms with Crippen molar-refractivity contribution in [3.05, 3.63) is 30.6 Å². The smallest absolute Gasteiger partial charge is 0.0873 e. The van der Waals surface area contributed by atoms with Crippen molar-refractivity contribution in [2.75, 3.05) is 5.73 Å². The van der Waals surface area contributed by atoms with Crippen molar-refractivity contribution >= 4 is 11.4 Å². The van der Waals surface area contributed by atoms with Gasteiger partial charge in [-0.15, -0.1) is 0 Å². The first-order valence-electron chi connectivity index (χ1n) is 2.86. The van der Waals surface area contributed by atoms with Crippen molar-refractivity contribution in [1.29, 1.82) is 0 Å². The number of aromatic nitrogens is 1. The fourth-order valence-corrected chi connectivity index (χ4v) is 0.622. The van der Waals surface area contributed by atoms with Crippen molar-refractivity contribution in [3.63, 3.8) is 0 Å². The fraction of sp³-hybridized carbons (Fsp3) is 0. The van der Waals surface area contributed by atoms with Gasteiger partial charge in [-0.2, -0.15) is 0 Å². The minimum absolute atomic E-state index is 0.437. The van der Waals surface area contributed by atoms with Gasteiger partial charge in [0.1, 0.15) is 0 Å². The third-order valence-corrected chi connectivity index (χ3v) is 1.11. The summed E-state index contributed by atoms with van der Waals surface area (Å²) in [4.78, 5) is 3.93. The minimum atomic E-state index is 0.437. The average Bonchev–Trinajstić information content (AvgIpc) is 1.88. The molecule has 0 atom stereocenters. The number of hydrogen-bond donors (Lipinski definition) is 2. The molecule has 0 radical (unpaired) electrons. The third kappa shape index (κ3) is 1.25. The second-order valence-corrected chi connectivity index (χ2v) is 2.00. The zero-order chi connectivity index (χ0) is 7.56. The van der Waals surface area contributed by atoms with Crippen molar-refractivity contribution < 1.29 is 0 Å². The molecule has 0 aromatic carbocycles. The van der Waals surface area contributed by atoms with Gasteiger partial charge >= 0.3 is 0 Å². The molecule has 0 saturated heterocycles. The molecule has 1 rings (SSSR count). The standard InChI is InChI=1S/C7H9N3/c1-5(8)7-4-6(9)2-3-10-7/h2-4H,1,8H2,(H2,9,10). The lowest BCUT2D eigenvalue weighted by molar-refractivity contribution is 1.26. The Kier molecular flexibility index (Phi) is 1.58. The third-order valence-electron chi connectivity index (χ3n) is 1.11. The van der Waals surface area contributed by atoms with E-state index in [1.165, 1.54) is 0 Å². The second-order valence-electron chi connectivity index (χ2n) is 2.00. The SMILES string of the molecule is C=C(N)c1cc(N)ccn1. The van der Waals surface area contributed by atoms with Crippen LogP contribution < -0.4 is 11.5 Å². The van der Waals surface area contributed by atoms with E-state index in [0.717, 1.165) is 0 Å². The van der Waals surface area contributed by atoms with Crippen LogP contribution in [0.15, 0.2) is 24.9 Å². The summed E-state index contributed by atoms with van der Waals surface area (Å²) < 4.78 is 0. The first-order valence-corrected chi connectivity index (χ1v) is 2.86. The number of pyridine rings is 1. The zero-order valence-electron chi connectivity index (χ0n) is 5.54. The van der Waals surface area contributed by atoms with E-state index in [4.69, 9.17) is 11.5 Å². The van der Waals surface area contributed by atoms with Crippen molar-refractivity contribution in [3.8, 4) is 0 Å². The van der Waals surface area contributed by atoms with Crippen LogP contribution in [0.2, 0.25) is 0 Å². The van der Waals surface area contributed by atoms with Gasteiger partial charge in [0.15, 0.2) is 0 Å². The molecule has 4 N–H and O–H groups in total. The van der Waals surface area contributed by atoms with Gasteiger partial charge < -0.3 is 11.5 Å². The molecule has 1 heterocycles. The van der Waals surface area contributed by atoms with E-state index >= 15 is 0 Å². The zero-order valence-corrected chi connectivity index (χ0v) is 5.54. The topological polar surface area (TPSA) is 64.9 Å². The van der Waals surface area contributed by atoms with Gasteiger partial charge in [0, 0.05) is 11.9 Å². The van der Waals surface area contributed by atoms with E-state index in [-0.39, 0.29) is 0 Å². The highest BCUT2D eigenvalue weighted by Crippen LogP contribution is 2.06. The van der Waals surface area contributed by atoms with Gasteiger partial charge in [-0.3, -0.25) is 4.98 Å². The maximum Gasteiger partial charge on any atom is 0.0873 e. The number of nitrogens with zero attached hydrogens (tertiary/aromatic N) is 1. The van der Waals surface area contributed by atoms with Crippen LogP contribution >= 0.6 is 0 Å². The Bertz CT molecular complexity index is 255. The van der Waals surface area contributed by atoms with Crippen LogP contribution in [0.1, 0.15) is 5.69 Å². The minimum Gasteiger partial charge on any atom is -0.399 e. The van der Waals surface area contributed by atoms with Gasteiger partial charge in [0.25, 0.3) is 0 Å². The molecule has 3 nitrogen and oxygen atoms in total. The summed E-state index contributed by atoms with van der Waals surface area (Å²) in [6.45, 7) is 3.53. The highest BCUT2D eigenvalue weighted by Gasteiger charge is 1.93. The van der Waals surface area contributed by atoms with Crippen LogP contribution in [0.5, 0.6) is 0 Å². The van der Waals surface area contributed by atoms with Crippen LogP contribution in [0.25, 0.3) is 5.70 Å². The maximum absolute atomic E-state index is 5.46. The van der Waals surface area contributed by atoms with Crippen molar-refractivity contribution in [2.24, 2.45) is 5.73 Å². The summed E-state index contributed by atoms with van der Waals surface area (Å²) >= 11 is 0. The highest BCUT2D eigenvalue weighted by atomic mass is 14.7. The molecule has 0 unspecified atom stereocenters. The molecule has 0 aliphatic heterocycles. The highest BCUT2D eigenvalue weighted by molar-refractivity contribution is 5.59. The van der Waals surface area contributed by atoms with Gasteiger partial charge in [-0.25, -0.2) is 0 Å². The van der Waals surface area contributed by atoms with Crippen LogP contribution in [0.4, 0.5) is 5.69 Å². The largest absolute Gasteiger partial charge is 0.399 e. The predicted octanol–water partition coefficient (Wildman–Crippen LogP) is 0.593. The van der Waals surface area contributed by atoms with Gasteiger partial charge in [0.05, 0.1) is 11.4 Å². The van der Waals surface area contributed by atoms with E-state index in [2.05, 4.69) is 11.6 Å². The monoisotopic (exact) mass is 135 g/mol. The van der Waals surface area contributed by atoms with E-state index in [0.29, 0.717) is 17.1 Å². The summed E-state index contributed by atoms with van der Waals surface area (Å²) in [5.41, 5.74) is 12.6. The number of hydrogen-bond acceptors (Lipinski definition) is 3. The molecule has 10 heavy (non-hydrogen) atoms. The molecular weight excluding hydrogens is 126 g/mol. The lowest BCUT2D eigenvalue weighted by Crippen LogP contribution is -1.97. The Balaban J connectivity index is 3.07. The Morgan fingerprint density at radius 3 is 2.70 bits per heavy atom. The quantitative estimate of drug-likeness (QED) is 0.592. The van der Waals surface area contributed by atoms with E-state index in [9.17, 15) is 0 Å². The van der Waals surface area contributed by atoms with Gasteiger partial charge in [-0.1, -0.05) is 6.58 Å². The van der Waals surface area contributed by atoms with Crippen LogP contribution in [0, 0.1) is 0 Å². The molecule has 0 amide bonds. The average molecular weight is 135 g/mol. The van der Waals surface area contributed by atoms with E-state index in [1.54, 1.807) is 18.3 Å². The second kappa shape index (κ2) is 2.39. The molecule has 1 aromatic rings. The number of nitrogens with two attached hydrogens (primary N) is 2. The van der Waals surface area contributed by atoms with Crippen LogP contribution in [0.3, 0.4) is 0 Å². The summed E-state index contributed by atoms with van der Waals surface area (Å²) in [6.07, 6.45) is 1.60. The van der Waals surface area contributed by atoms with E-state index < -0.39 is 0 Å². The summed E-state index contributed by atoms with van der Waals surface area (Å²) in [6, 6.07) is 3.38. The summed E-state index contributed by atoms with van der Waals surface area (Å²) in [5, 5.41) is 0. The predicted molar refractivity (Wildman–Crippen MR) is 41.9 cm³/mol. The number of anilines is 1. The van der Waals surface area contributed by atoms with Crippen molar-refractivity contribution in [2.45, 2.75) is 0 Å². The normalized spacial score (nSPS) is 9.20. The molecule has 1 aromatic heterocycles. The molecule has 3 heteroatoms. The Labute approximate surface area is 59.4 Å². The Hall–Kier alpha value is -1.51. The van der Waals surface area contributed by atoms with Gasteiger partial charge in [-0.05, 0) is 12.1 Å². The first kappa shape index (κ1) is 6.61. The number of rotatable bonds is 1. The number of nitrogen functional groups attached to an aromatic ring is 1. The van der Waals surface area contributed by atoms with Crippen LogP contribution in [-0.2, 0) is 0 Å². The van der Waals surface area contributed by atoms with Gasteiger partial charge in [0.2, 0.25) is 0 Å². The Morgan fingerprint density at radius 2 is 2.30 bits per heavy atom. The van der Waals surface area contributed by atoms with E-state index in [1.807, 2.05) is 0 Å². The lowest BCUT2D eigenvalue weighted by Gasteiger charge is -1.97. The van der Waals surface area contributed by atoms with Crippen molar-refractivity contribution in [1.82, 2.24) is 4.98 Å². The molecular formula is C7H9N3. The maximum atomic E-state index is 5.46. The lowest BCUT2D eigenvalue weighted by atomic mass is 10.3.